The van der Waals surface area contributed by atoms with E-state index in [-0.39, 0.29) is 23.4 Å². The molecule has 226 valence electrons. The van der Waals surface area contributed by atoms with Crippen molar-refractivity contribution < 1.29 is 23.9 Å². The van der Waals surface area contributed by atoms with Crippen LogP contribution in [0.15, 0.2) is 57.5 Å². The number of non-ortho nitro benzene ring substituents is 1. The van der Waals surface area contributed by atoms with Gasteiger partial charge in [-0.2, -0.15) is 0 Å². The third kappa shape index (κ3) is 5.77. The fourth-order valence-electron chi connectivity index (χ4n) is 5.38. The van der Waals surface area contributed by atoms with Crippen molar-refractivity contribution in [3.63, 3.8) is 0 Å². The minimum Gasteiger partial charge on any atom is -0.493 e. The zero-order valence-corrected chi connectivity index (χ0v) is 25.5. The molecule has 1 atom stereocenters. The van der Waals surface area contributed by atoms with Crippen LogP contribution in [0.4, 0.5) is 11.4 Å². The minimum atomic E-state index is -0.848. The van der Waals surface area contributed by atoms with Crippen molar-refractivity contribution >= 4 is 34.8 Å². The van der Waals surface area contributed by atoms with Crippen LogP contribution < -0.4 is 29.3 Å². The van der Waals surface area contributed by atoms with Gasteiger partial charge in [0.25, 0.3) is 11.2 Å². The molecule has 0 radical (unpaired) electrons. The van der Waals surface area contributed by atoms with Crippen molar-refractivity contribution in [2.24, 2.45) is 4.99 Å². The molecule has 0 aliphatic carbocycles. The molecule has 1 fully saturated rings. The number of methoxy groups -OCH3 is 2. The molecular formula is C30H33N5O7S. The predicted molar refractivity (Wildman–Crippen MR) is 163 cm³/mol. The van der Waals surface area contributed by atoms with Gasteiger partial charge in [0, 0.05) is 49.6 Å². The van der Waals surface area contributed by atoms with E-state index >= 15 is 0 Å². The number of carbonyl (C=O) groups excluding carboxylic acids is 1. The average molecular weight is 608 g/mol. The van der Waals surface area contributed by atoms with Gasteiger partial charge in [-0.1, -0.05) is 17.4 Å². The summed E-state index contributed by atoms with van der Waals surface area (Å²) in [6, 6.07) is 9.08. The second kappa shape index (κ2) is 12.4. The maximum atomic E-state index is 14.2. The summed E-state index contributed by atoms with van der Waals surface area (Å²) in [5.74, 6) is 0.362. The van der Waals surface area contributed by atoms with Gasteiger partial charge in [0.1, 0.15) is 0 Å². The van der Waals surface area contributed by atoms with E-state index in [1.54, 1.807) is 44.2 Å². The van der Waals surface area contributed by atoms with Crippen molar-refractivity contribution in [1.29, 1.82) is 0 Å². The maximum absolute atomic E-state index is 14.2. The number of benzene rings is 2. The number of ether oxygens (including phenoxy) is 3. The molecule has 43 heavy (non-hydrogen) atoms. The molecule has 3 heterocycles. The van der Waals surface area contributed by atoms with E-state index in [0.29, 0.717) is 37.7 Å². The highest BCUT2D eigenvalue weighted by atomic mass is 32.1. The van der Waals surface area contributed by atoms with Gasteiger partial charge in [0.2, 0.25) is 0 Å². The average Bonchev–Trinajstić information content (AvgIpc) is 3.30. The summed E-state index contributed by atoms with van der Waals surface area (Å²) in [5.41, 5.74) is 2.20. The standard InChI is InChI=1S/C30H33N5O7S/c1-6-42-29(37)26-18(2)31-30-34(27(26)19-7-10-23(40-4)24(16-19)41-5)28(36)25(43-30)17-20-15-21(35(38)39)8-9-22(20)33-13-11-32(3)12-14-33/h7-10,15-17,27H,6,11-14H2,1-5H3. The van der Waals surface area contributed by atoms with Crippen LogP contribution in [0.1, 0.15) is 31.0 Å². The number of likely N-dealkylation sites (N-methyl/N-ethyl adjacent to an activating group) is 1. The lowest BCUT2D eigenvalue weighted by atomic mass is 9.95. The number of anilines is 1. The number of allylic oxidation sites excluding steroid dienone is 1. The molecule has 1 saturated heterocycles. The van der Waals surface area contributed by atoms with E-state index in [9.17, 15) is 19.7 Å². The fraction of sp³-hybridized carbons (Fsp3) is 0.367. The fourth-order valence-corrected chi connectivity index (χ4v) is 6.41. The van der Waals surface area contributed by atoms with Gasteiger partial charge in [-0.25, -0.2) is 9.79 Å². The van der Waals surface area contributed by atoms with Crippen molar-refractivity contribution in [2.45, 2.75) is 19.9 Å². The maximum Gasteiger partial charge on any atom is 0.338 e. The summed E-state index contributed by atoms with van der Waals surface area (Å²) in [6.07, 6.45) is 1.68. The monoisotopic (exact) mass is 607 g/mol. The third-order valence-electron chi connectivity index (χ3n) is 7.59. The number of aromatic nitrogens is 1. The summed E-state index contributed by atoms with van der Waals surface area (Å²) in [6.45, 7) is 6.77. The molecule has 5 rings (SSSR count). The lowest BCUT2D eigenvalue weighted by Gasteiger charge is -2.34. The Morgan fingerprint density at radius 3 is 2.49 bits per heavy atom. The minimum absolute atomic E-state index is 0.0689. The number of fused-ring (bicyclic) bond motifs is 1. The second-order valence-corrected chi connectivity index (χ2v) is 11.2. The molecule has 0 amide bonds. The van der Waals surface area contributed by atoms with E-state index in [0.717, 1.165) is 43.2 Å². The highest BCUT2D eigenvalue weighted by molar-refractivity contribution is 7.07. The van der Waals surface area contributed by atoms with Gasteiger partial charge in [0.15, 0.2) is 16.3 Å². The molecule has 1 unspecified atom stereocenters. The van der Waals surface area contributed by atoms with Gasteiger partial charge in [-0.05, 0) is 50.7 Å². The molecule has 3 aromatic rings. The van der Waals surface area contributed by atoms with Gasteiger partial charge in [-0.3, -0.25) is 19.5 Å². The Hall–Kier alpha value is -4.49. The van der Waals surface area contributed by atoms with Crippen LogP contribution in [-0.4, -0.2) is 74.4 Å². The first kappa shape index (κ1) is 30.0. The van der Waals surface area contributed by atoms with Gasteiger partial charge in [-0.15, -0.1) is 0 Å². The Bertz CT molecular complexity index is 1790. The van der Waals surface area contributed by atoms with E-state index in [1.165, 1.54) is 30.9 Å². The molecule has 0 spiro atoms. The number of nitrogens with zero attached hydrogens (tertiary/aromatic N) is 5. The molecule has 2 aliphatic heterocycles. The van der Waals surface area contributed by atoms with Crippen molar-refractivity contribution in [2.75, 3.05) is 59.0 Å². The van der Waals surface area contributed by atoms with Gasteiger partial charge in [0.05, 0.1) is 47.6 Å². The first-order valence-electron chi connectivity index (χ1n) is 13.8. The number of carbonyl (C=O) groups is 1. The highest BCUT2D eigenvalue weighted by Gasteiger charge is 2.34. The summed E-state index contributed by atoms with van der Waals surface area (Å²) in [7, 11) is 5.09. The predicted octanol–water partition coefficient (Wildman–Crippen LogP) is 2.48. The molecule has 0 N–H and O–H groups in total. The van der Waals surface area contributed by atoms with Gasteiger partial charge >= 0.3 is 5.97 Å². The van der Waals surface area contributed by atoms with E-state index < -0.39 is 16.9 Å². The number of rotatable bonds is 8. The molecule has 13 heteroatoms. The van der Waals surface area contributed by atoms with E-state index in [1.807, 2.05) is 0 Å². The van der Waals surface area contributed by atoms with Crippen LogP contribution in [0, 0.1) is 10.1 Å². The van der Waals surface area contributed by atoms with Crippen molar-refractivity contribution in [3.05, 3.63) is 88.6 Å². The lowest BCUT2D eigenvalue weighted by Crippen LogP contribution is -2.44. The van der Waals surface area contributed by atoms with Crippen molar-refractivity contribution in [3.8, 4) is 11.5 Å². The van der Waals surface area contributed by atoms with Crippen LogP contribution in [0.5, 0.6) is 11.5 Å². The summed E-state index contributed by atoms with van der Waals surface area (Å²) >= 11 is 1.16. The molecule has 0 bridgehead atoms. The van der Waals surface area contributed by atoms with E-state index in [4.69, 9.17) is 14.2 Å². The summed E-state index contributed by atoms with van der Waals surface area (Å²) in [4.78, 5) is 48.0. The molecular weight excluding hydrogens is 574 g/mol. The number of thiazole rings is 1. The molecule has 1 aromatic heterocycles. The molecule has 2 aliphatic rings. The first-order valence-corrected chi connectivity index (χ1v) is 14.6. The Kier molecular flexibility index (Phi) is 8.64. The Labute approximate surface area is 251 Å². The second-order valence-electron chi connectivity index (χ2n) is 10.2. The number of nitro groups is 1. The number of hydrogen-bond donors (Lipinski definition) is 0. The normalized spacial score (nSPS) is 17.4. The molecule has 12 nitrogen and oxygen atoms in total. The quantitative estimate of drug-likeness (QED) is 0.216. The zero-order chi connectivity index (χ0) is 30.8. The van der Waals surface area contributed by atoms with Crippen LogP contribution in [0.2, 0.25) is 0 Å². The number of esters is 1. The number of hydrogen-bond acceptors (Lipinski definition) is 11. The zero-order valence-electron chi connectivity index (χ0n) is 24.7. The van der Waals surface area contributed by atoms with Crippen LogP contribution >= 0.6 is 11.3 Å². The smallest absolute Gasteiger partial charge is 0.338 e. The first-order chi connectivity index (χ1) is 20.7. The Morgan fingerprint density at radius 1 is 1.12 bits per heavy atom. The lowest BCUT2D eigenvalue weighted by molar-refractivity contribution is -0.384. The molecule has 0 saturated carbocycles. The highest BCUT2D eigenvalue weighted by Crippen LogP contribution is 2.36. The third-order valence-corrected chi connectivity index (χ3v) is 8.58. The topological polar surface area (TPSA) is 129 Å². The van der Waals surface area contributed by atoms with Crippen molar-refractivity contribution in [1.82, 2.24) is 9.47 Å². The number of nitro benzene ring substituents is 1. The Balaban J connectivity index is 1.72. The van der Waals surface area contributed by atoms with Crippen LogP contribution in [0.3, 0.4) is 0 Å². The number of piperazine rings is 1. The summed E-state index contributed by atoms with van der Waals surface area (Å²) in [5, 5.41) is 11.7. The molecule has 2 aromatic carbocycles. The Morgan fingerprint density at radius 2 is 1.84 bits per heavy atom. The van der Waals surface area contributed by atoms with Gasteiger partial charge < -0.3 is 24.0 Å². The van der Waals surface area contributed by atoms with E-state index in [2.05, 4.69) is 21.8 Å². The van der Waals surface area contributed by atoms with Crippen LogP contribution in [0.25, 0.3) is 6.08 Å². The largest absolute Gasteiger partial charge is 0.493 e. The van der Waals surface area contributed by atoms with Crippen LogP contribution in [-0.2, 0) is 9.53 Å². The SMILES string of the molecule is CCOC(=O)C1=C(C)N=c2sc(=Cc3cc([N+](=O)[O-])ccc3N3CCN(C)CC3)c(=O)n2C1c1ccc(OC)c(OC)c1. The summed E-state index contributed by atoms with van der Waals surface area (Å²) < 4.78 is 18.1.